The highest BCUT2D eigenvalue weighted by Gasteiger charge is 2.27. The first-order valence-electron chi connectivity index (χ1n) is 9.66. The minimum Gasteiger partial charge on any atom is -0.379 e. The van der Waals surface area contributed by atoms with Gasteiger partial charge in [-0.05, 0) is 24.5 Å². The highest BCUT2D eigenvalue weighted by atomic mass is 127. The molecular weight excluding hydrogens is 447 g/mol. The molecule has 5 nitrogen and oxygen atoms in total. The molecule has 0 amide bonds. The Morgan fingerprint density at radius 1 is 1.24 bits per heavy atom. The molecule has 2 saturated heterocycles. The Balaban J connectivity index is 0.00000312. The molecule has 25 heavy (non-hydrogen) atoms. The molecular formula is C18H37IN4OS. The lowest BCUT2D eigenvalue weighted by molar-refractivity contribution is 0.00272. The van der Waals surface area contributed by atoms with Crippen LogP contribution in [0.25, 0.3) is 0 Å². The summed E-state index contributed by atoms with van der Waals surface area (Å²) in [6.07, 6.45) is 5.14. The predicted octanol–water partition coefficient (Wildman–Crippen LogP) is 2.80. The fourth-order valence-corrected chi connectivity index (χ4v) is 4.97. The van der Waals surface area contributed by atoms with Crippen molar-refractivity contribution in [1.82, 2.24) is 15.5 Å². The largest absolute Gasteiger partial charge is 0.379 e. The third-order valence-electron chi connectivity index (χ3n) is 5.33. The van der Waals surface area contributed by atoms with Crippen molar-refractivity contribution in [3.8, 4) is 0 Å². The maximum Gasteiger partial charge on any atom is 0.191 e. The van der Waals surface area contributed by atoms with Crippen LogP contribution in [0.3, 0.4) is 0 Å². The molecule has 0 saturated carbocycles. The van der Waals surface area contributed by atoms with E-state index in [1.165, 1.54) is 31.4 Å². The van der Waals surface area contributed by atoms with Crippen LogP contribution in [0, 0.1) is 5.92 Å². The Morgan fingerprint density at radius 2 is 1.96 bits per heavy atom. The first-order valence-corrected chi connectivity index (χ1v) is 10.7. The molecule has 2 aliphatic heterocycles. The van der Waals surface area contributed by atoms with Crippen LogP contribution in [0.1, 0.15) is 39.5 Å². The summed E-state index contributed by atoms with van der Waals surface area (Å²) in [7, 11) is 1.87. The summed E-state index contributed by atoms with van der Waals surface area (Å²) in [5.74, 6) is 2.98. The van der Waals surface area contributed by atoms with Crippen molar-refractivity contribution in [3.05, 3.63) is 0 Å². The van der Waals surface area contributed by atoms with Gasteiger partial charge < -0.3 is 15.4 Å². The number of nitrogens with one attached hydrogen (secondary N) is 2. The van der Waals surface area contributed by atoms with Crippen molar-refractivity contribution < 1.29 is 4.74 Å². The Morgan fingerprint density at radius 3 is 2.52 bits per heavy atom. The first-order chi connectivity index (χ1) is 11.8. The second kappa shape index (κ2) is 13.4. The van der Waals surface area contributed by atoms with Gasteiger partial charge in [-0.3, -0.25) is 9.89 Å². The van der Waals surface area contributed by atoms with Crippen LogP contribution in [0.2, 0.25) is 0 Å². The van der Waals surface area contributed by atoms with Gasteiger partial charge >= 0.3 is 0 Å². The van der Waals surface area contributed by atoms with Crippen LogP contribution in [0.15, 0.2) is 4.99 Å². The van der Waals surface area contributed by atoms with Gasteiger partial charge in [0, 0.05) is 44.5 Å². The van der Waals surface area contributed by atoms with E-state index in [0.29, 0.717) is 6.04 Å². The number of hydrogen-bond acceptors (Lipinski definition) is 4. The molecule has 2 atom stereocenters. The van der Waals surface area contributed by atoms with Gasteiger partial charge in [-0.1, -0.05) is 26.7 Å². The standard InChI is InChI=1S/C18H36N4OS.HI/c1-4-15(5-2)17(22-8-10-23-11-9-22)14-21-18(19-3)20-13-16-7-6-12-24-16;/h15-17H,4-14H2,1-3H3,(H2,19,20,21);1H. The average Bonchev–Trinajstić information content (AvgIpc) is 3.15. The number of ether oxygens (including phenoxy) is 1. The van der Waals surface area contributed by atoms with Gasteiger partial charge in [0.1, 0.15) is 0 Å². The SMILES string of the molecule is CCC(CC)C(CNC(=NC)NCC1CCCS1)N1CCOCC1.I. The van der Waals surface area contributed by atoms with Gasteiger partial charge in [0.25, 0.3) is 0 Å². The molecule has 2 heterocycles. The Bertz CT molecular complexity index is 370. The highest BCUT2D eigenvalue weighted by Crippen LogP contribution is 2.25. The molecule has 7 heteroatoms. The summed E-state index contributed by atoms with van der Waals surface area (Å²) in [5, 5.41) is 7.85. The van der Waals surface area contributed by atoms with E-state index in [0.717, 1.165) is 56.5 Å². The van der Waals surface area contributed by atoms with Crippen molar-refractivity contribution in [2.24, 2.45) is 10.9 Å². The molecule has 0 bridgehead atoms. The van der Waals surface area contributed by atoms with Crippen molar-refractivity contribution in [2.75, 3.05) is 52.2 Å². The van der Waals surface area contributed by atoms with Crippen LogP contribution in [-0.2, 0) is 4.74 Å². The van der Waals surface area contributed by atoms with E-state index in [4.69, 9.17) is 4.74 Å². The monoisotopic (exact) mass is 484 g/mol. The fourth-order valence-electron chi connectivity index (χ4n) is 3.77. The predicted molar refractivity (Wildman–Crippen MR) is 121 cm³/mol. The van der Waals surface area contributed by atoms with E-state index in [9.17, 15) is 0 Å². The maximum absolute atomic E-state index is 5.54. The van der Waals surface area contributed by atoms with Gasteiger partial charge in [-0.25, -0.2) is 0 Å². The van der Waals surface area contributed by atoms with Gasteiger partial charge in [-0.2, -0.15) is 11.8 Å². The van der Waals surface area contributed by atoms with E-state index in [-0.39, 0.29) is 24.0 Å². The third kappa shape index (κ3) is 7.81. The normalized spacial score (nSPS) is 23.4. The molecule has 2 N–H and O–H groups in total. The van der Waals surface area contributed by atoms with Gasteiger partial charge in [0.15, 0.2) is 5.96 Å². The quantitative estimate of drug-likeness (QED) is 0.315. The zero-order chi connectivity index (χ0) is 17.2. The fraction of sp³-hybridized carbons (Fsp3) is 0.944. The lowest BCUT2D eigenvalue weighted by Crippen LogP contribution is -2.53. The minimum atomic E-state index is 0. The van der Waals surface area contributed by atoms with Crippen LogP contribution in [0.5, 0.6) is 0 Å². The number of halogens is 1. The molecule has 2 aliphatic rings. The number of nitrogens with zero attached hydrogens (tertiary/aromatic N) is 2. The molecule has 148 valence electrons. The molecule has 0 aromatic heterocycles. The molecule has 2 fully saturated rings. The summed E-state index contributed by atoms with van der Waals surface area (Å²) < 4.78 is 5.54. The van der Waals surface area contributed by atoms with E-state index in [1.807, 2.05) is 7.05 Å². The molecule has 0 aromatic rings. The molecule has 0 spiro atoms. The second-order valence-corrected chi connectivity index (χ2v) is 8.17. The van der Waals surface area contributed by atoms with Crippen molar-refractivity contribution in [3.63, 3.8) is 0 Å². The van der Waals surface area contributed by atoms with Crippen LogP contribution in [-0.4, -0.2) is 74.3 Å². The molecule has 2 rings (SSSR count). The molecule has 0 aromatic carbocycles. The zero-order valence-electron chi connectivity index (χ0n) is 16.1. The van der Waals surface area contributed by atoms with Crippen LogP contribution < -0.4 is 10.6 Å². The van der Waals surface area contributed by atoms with E-state index < -0.39 is 0 Å². The average molecular weight is 484 g/mol. The molecule has 2 unspecified atom stereocenters. The minimum absolute atomic E-state index is 0. The number of guanidine groups is 1. The van der Waals surface area contributed by atoms with Gasteiger partial charge in [0.05, 0.1) is 13.2 Å². The van der Waals surface area contributed by atoms with Gasteiger partial charge in [-0.15, -0.1) is 24.0 Å². The lowest BCUT2D eigenvalue weighted by atomic mass is 9.92. The Kier molecular flexibility index (Phi) is 12.5. The summed E-state index contributed by atoms with van der Waals surface area (Å²) in [4.78, 5) is 7.02. The van der Waals surface area contributed by atoms with E-state index in [2.05, 4.69) is 46.1 Å². The van der Waals surface area contributed by atoms with Gasteiger partial charge in [0.2, 0.25) is 0 Å². The van der Waals surface area contributed by atoms with E-state index in [1.54, 1.807) is 0 Å². The topological polar surface area (TPSA) is 48.9 Å². The first kappa shape index (κ1) is 23.3. The highest BCUT2D eigenvalue weighted by molar-refractivity contribution is 14.0. The number of aliphatic imine (C=N–C) groups is 1. The third-order valence-corrected chi connectivity index (χ3v) is 6.73. The smallest absolute Gasteiger partial charge is 0.191 e. The Labute approximate surface area is 175 Å². The zero-order valence-corrected chi connectivity index (χ0v) is 19.3. The van der Waals surface area contributed by atoms with Crippen LogP contribution >= 0.6 is 35.7 Å². The second-order valence-electron chi connectivity index (χ2n) is 6.76. The molecule has 0 aliphatic carbocycles. The Hall–Kier alpha value is 0.270. The number of thioether (sulfide) groups is 1. The summed E-state index contributed by atoms with van der Waals surface area (Å²) in [6.45, 7) is 10.4. The lowest BCUT2D eigenvalue weighted by Gasteiger charge is -2.39. The van der Waals surface area contributed by atoms with Crippen molar-refractivity contribution >= 4 is 41.7 Å². The summed E-state index contributed by atoms with van der Waals surface area (Å²) >= 11 is 2.09. The summed E-state index contributed by atoms with van der Waals surface area (Å²) in [5.41, 5.74) is 0. The molecule has 0 radical (unpaired) electrons. The van der Waals surface area contributed by atoms with Crippen molar-refractivity contribution in [1.29, 1.82) is 0 Å². The number of hydrogen-bond donors (Lipinski definition) is 2. The van der Waals surface area contributed by atoms with Crippen LogP contribution in [0.4, 0.5) is 0 Å². The maximum atomic E-state index is 5.54. The van der Waals surface area contributed by atoms with E-state index >= 15 is 0 Å². The number of morpholine rings is 1. The van der Waals surface area contributed by atoms with Crippen molar-refractivity contribution in [2.45, 2.75) is 50.8 Å². The number of rotatable bonds is 8. The summed E-state index contributed by atoms with van der Waals surface area (Å²) in [6, 6.07) is 0.559.